The van der Waals surface area contributed by atoms with Gasteiger partial charge in [0.2, 0.25) is 5.91 Å². The lowest BCUT2D eigenvalue weighted by Gasteiger charge is -2.07. The molecule has 1 aromatic carbocycles. The minimum atomic E-state index is -0.146. The predicted octanol–water partition coefficient (Wildman–Crippen LogP) is 2.57. The predicted molar refractivity (Wildman–Crippen MR) is 110 cm³/mol. The maximum atomic E-state index is 11.7. The molecule has 7 nitrogen and oxygen atoms in total. The van der Waals surface area contributed by atoms with E-state index in [0.29, 0.717) is 17.5 Å². The van der Waals surface area contributed by atoms with Gasteiger partial charge in [-0.25, -0.2) is 4.98 Å². The van der Waals surface area contributed by atoms with Crippen molar-refractivity contribution in [3.63, 3.8) is 0 Å². The first-order chi connectivity index (χ1) is 13.2. The highest BCUT2D eigenvalue weighted by atomic mass is 32.2. The fourth-order valence-corrected chi connectivity index (χ4v) is 5.06. The number of nitrogens with one attached hydrogen (secondary N) is 1. The summed E-state index contributed by atoms with van der Waals surface area (Å²) in [6.07, 6.45) is 1.78. The average molecular weight is 422 g/mol. The molecule has 0 bridgehead atoms. The summed E-state index contributed by atoms with van der Waals surface area (Å²) < 4.78 is 4.11. The van der Waals surface area contributed by atoms with Crippen molar-refractivity contribution in [2.75, 3.05) is 18.9 Å². The standard InChI is InChI=1S/C17H19N5O2S3/c1-2-8-22-14(20-21-16(22)25-11-15(24)18-7-9-23)10-26-17-19-12-5-3-4-6-13(12)27-17/h2-6,23H,1,7-11H2,(H,18,24). The second-order valence-corrected chi connectivity index (χ2v) is 8.59. The first-order valence-electron chi connectivity index (χ1n) is 8.23. The van der Waals surface area contributed by atoms with E-state index in [1.807, 2.05) is 22.8 Å². The quantitative estimate of drug-likeness (QED) is 0.384. The molecule has 0 fully saturated rings. The Kier molecular flexibility index (Phi) is 7.27. The minimum Gasteiger partial charge on any atom is -0.395 e. The van der Waals surface area contributed by atoms with Gasteiger partial charge < -0.3 is 15.0 Å². The SMILES string of the molecule is C=CCn1c(CSc2nc3ccccc3s2)nnc1SCC(=O)NCCO. The molecule has 3 rings (SSSR count). The number of thioether (sulfide) groups is 2. The van der Waals surface area contributed by atoms with Gasteiger partial charge in [0.05, 0.1) is 28.3 Å². The molecule has 0 unspecified atom stereocenters. The number of rotatable bonds is 10. The lowest BCUT2D eigenvalue weighted by atomic mass is 10.3. The highest BCUT2D eigenvalue weighted by Crippen LogP contribution is 2.31. The van der Waals surface area contributed by atoms with E-state index in [1.54, 1.807) is 29.2 Å². The van der Waals surface area contributed by atoms with Crippen LogP contribution < -0.4 is 5.32 Å². The van der Waals surface area contributed by atoms with Gasteiger partial charge in [-0.05, 0) is 12.1 Å². The molecule has 2 N–H and O–H groups in total. The molecule has 0 saturated carbocycles. The summed E-state index contributed by atoms with van der Waals surface area (Å²) in [5.74, 6) is 1.53. The van der Waals surface area contributed by atoms with Gasteiger partial charge in [0.25, 0.3) is 0 Å². The number of thiazole rings is 1. The third-order valence-corrected chi connectivity index (χ3v) is 6.61. The maximum Gasteiger partial charge on any atom is 0.230 e. The number of carbonyl (C=O) groups is 1. The summed E-state index contributed by atoms with van der Waals surface area (Å²) >= 11 is 4.60. The van der Waals surface area contributed by atoms with Crippen molar-refractivity contribution in [3.8, 4) is 0 Å². The van der Waals surface area contributed by atoms with E-state index in [1.165, 1.54) is 11.8 Å². The summed E-state index contributed by atoms with van der Waals surface area (Å²) in [5, 5.41) is 20.5. The van der Waals surface area contributed by atoms with Gasteiger partial charge in [-0.2, -0.15) is 0 Å². The molecule has 0 aliphatic carbocycles. The van der Waals surface area contributed by atoms with Crippen LogP contribution in [0.1, 0.15) is 5.82 Å². The number of allylic oxidation sites excluding steroid dienone is 1. The van der Waals surface area contributed by atoms with Gasteiger partial charge in [-0.3, -0.25) is 4.79 Å². The molecule has 142 valence electrons. The van der Waals surface area contributed by atoms with Crippen LogP contribution in [-0.2, 0) is 17.1 Å². The van der Waals surface area contributed by atoms with Crippen LogP contribution in [0.25, 0.3) is 10.2 Å². The van der Waals surface area contributed by atoms with Gasteiger partial charge in [-0.15, -0.1) is 28.1 Å². The van der Waals surface area contributed by atoms with Crippen LogP contribution in [0.2, 0.25) is 0 Å². The fourth-order valence-electron chi connectivity index (χ4n) is 2.26. The van der Waals surface area contributed by atoms with Crippen LogP contribution in [0.3, 0.4) is 0 Å². The highest BCUT2D eigenvalue weighted by molar-refractivity contribution is 8.00. The molecule has 0 atom stereocenters. The summed E-state index contributed by atoms with van der Waals surface area (Å²) in [6, 6.07) is 8.06. The van der Waals surface area contributed by atoms with E-state index in [4.69, 9.17) is 5.11 Å². The van der Waals surface area contributed by atoms with Gasteiger partial charge in [0, 0.05) is 13.1 Å². The molecule has 1 amide bonds. The number of nitrogens with zero attached hydrogens (tertiary/aromatic N) is 4. The summed E-state index contributed by atoms with van der Waals surface area (Å²) in [6.45, 7) is 4.54. The zero-order valence-electron chi connectivity index (χ0n) is 14.5. The summed E-state index contributed by atoms with van der Waals surface area (Å²) in [7, 11) is 0. The van der Waals surface area contributed by atoms with E-state index in [-0.39, 0.29) is 24.8 Å². The monoisotopic (exact) mass is 421 g/mol. The molecule has 0 spiro atoms. The topological polar surface area (TPSA) is 92.9 Å². The van der Waals surface area contributed by atoms with Crippen molar-refractivity contribution in [3.05, 3.63) is 42.7 Å². The average Bonchev–Trinajstić information content (AvgIpc) is 3.26. The Morgan fingerprint density at radius 2 is 2.19 bits per heavy atom. The zero-order chi connectivity index (χ0) is 19.1. The Labute approximate surface area is 169 Å². The van der Waals surface area contributed by atoms with E-state index in [2.05, 4.69) is 33.1 Å². The van der Waals surface area contributed by atoms with Crippen LogP contribution in [0.4, 0.5) is 0 Å². The van der Waals surface area contributed by atoms with E-state index in [0.717, 1.165) is 20.4 Å². The molecule has 0 radical (unpaired) electrons. The van der Waals surface area contributed by atoms with E-state index < -0.39 is 0 Å². The Morgan fingerprint density at radius 1 is 1.33 bits per heavy atom. The maximum absolute atomic E-state index is 11.7. The molecule has 0 aliphatic heterocycles. The smallest absolute Gasteiger partial charge is 0.230 e. The lowest BCUT2D eigenvalue weighted by molar-refractivity contribution is -0.118. The van der Waals surface area contributed by atoms with Crippen LogP contribution in [0.15, 0.2) is 46.4 Å². The highest BCUT2D eigenvalue weighted by Gasteiger charge is 2.14. The Balaban J connectivity index is 1.65. The Bertz CT molecular complexity index is 891. The van der Waals surface area contributed by atoms with Crippen molar-refractivity contribution in [2.45, 2.75) is 21.8 Å². The molecule has 2 heterocycles. The van der Waals surface area contributed by atoms with Crippen molar-refractivity contribution in [2.24, 2.45) is 0 Å². The number of hydrogen-bond acceptors (Lipinski definition) is 8. The van der Waals surface area contributed by atoms with Crippen LogP contribution >= 0.6 is 34.9 Å². The third-order valence-electron chi connectivity index (χ3n) is 3.47. The largest absolute Gasteiger partial charge is 0.395 e. The van der Waals surface area contributed by atoms with Gasteiger partial charge in [0.1, 0.15) is 5.82 Å². The van der Waals surface area contributed by atoms with Crippen molar-refractivity contribution in [1.82, 2.24) is 25.1 Å². The number of para-hydroxylation sites is 1. The second-order valence-electron chi connectivity index (χ2n) is 5.40. The summed E-state index contributed by atoms with van der Waals surface area (Å²) in [4.78, 5) is 16.3. The van der Waals surface area contributed by atoms with E-state index >= 15 is 0 Å². The first-order valence-corrected chi connectivity index (χ1v) is 11.0. The Hall–Kier alpha value is -1.88. The molecular weight excluding hydrogens is 402 g/mol. The number of carbonyl (C=O) groups excluding carboxylic acids is 1. The number of aliphatic hydroxyl groups excluding tert-OH is 1. The van der Waals surface area contributed by atoms with Gasteiger partial charge >= 0.3 is 0 Å². The number of benzene rings is 1. The summed E-state index contributed by atoms with van der Waals surface area (Å²) in [5.41, 5.74) is 1.00. The molecule has 3 aromatic rings. The molecule has 10 heteroatoms. The number of fused-ring (bicyclic) bond motifs is 1. The molecule has 27 heavy (non-hydrogen) atoms. The first kappa shape index (κ1) is 19.9. The fraction of sp³-hybridized carbons (Fsp3) is 0.294. The number of hydrogen-bond donors (Lipinski definition) is 2. The van der Waals surface area contributed by atoms with Gasteiger partial charge in [-0.1, -0.05) is 41.7 Å². The molecule has 0 saturated heterocycles. The normalized spacial score (nSPS) is 11.0. The van der Waals surface area contributed by atoms with Crippen molar-refractivity contribution in [1.29, 1.82) is 0 Å². The molecule has 0 aliphatic rings. The van der Waals surface area contributed by atoms with Crippen molar-refractivity contribution >= 4 is 51.0 Å². The van der Waals surface area contributed by atoms with E-state index in [9.17, 15) is 4.79 Å². The van der Waals surface area contributed by atoms with Gasteiger partial charge in [0.15, 0.2) is 9.50 Å². The number of aromatic nitrogens is 4. The van der Waals surface area contributed by atoms with Crippen LogP contribution in [0.5, 0.6) is 0 Å². The number of amides is 1. The molecular formula is C17H19N5O2S3. The Morgan fingerprint density at radius 3 is 2.96 bits per heavy atom. The van der Waals surface area contributed by atoms with Crippen LogP contribution in [0, 0.1) is 0 Å². The lowest BCUT2D eigenvalue weighted by Crippen LogP contribution is -2.28. The van der Waals surface area contributed by atoms with Crippen molar-refractivity contribution < 1.29 is 9.90 Å². The minimum absolute atomic E-state index is 0.0732. The molecule has 2 aromatic heterocycles. The second kappa shape index (κ2) is 9.88. The zero-order valence-corrected chi connectivity index (χ0v) is 16.9. The number of aliphatic hydroxyl groups is 1. The van der Waals surface area contributed by atoms with Crippen LogP contribution in [-0.4, -0.2) is 49.7 Å². The third kappa shape index (κ3) is 5.32.